The predicted molar refractivity (Wildman–Crippen MR) is 180 cm³/mol. The van der Waals surface area contributed by atoms with Gasteiger partial charge in [0.15, 0.2) is 0 Å². The number of hydrogen-bond donors (Lipinski definition) is 3. The van der Waals surface area contributed by atoms with Gasteiger partial charge < -0.3 is 29.9 Å². The fraction of sp³-hybridized carbons (Fsp3) is 0.278. The molecule has 2 aromatic heterocycles. The molecule has 10 heteroatoms. The minimum Gasteiger partial charge on any atom is -0.370 e. The van der Waals surface area contributed by atoms with Crippen LogP contribution in [0, 0.1) is 20.8 Å². The van der Waals surface area contributed by atoms with Crippen LogP contribution in [0.5, 0.6) is 0 Å². The first kappa shape index (κ1) is 30.6. The molecule has 0 aliphatic carbocycles. The number of aromatic amines is 1. The van der Waals surface area contributed by atoms with Crippen molar-refractivity contribution in [2.75, 3.05) is 31.3 Å². The zero-order valence-corrected chi connectivity index (χ0v) is 26.9. The maximum atomic E-state index is 14.4. The Kier molecular flexibility index (Phi) is 8.12. The maximum Gasteiger partial charge on any atom is 0.321 e. The van der Waals surface area contributed by atoms with Crippen LogP contribution in [0.15, 0.2) is 76.2 Å². The van der Waals surface area contributed by atoms with Crippen molar-refractivity contribution in [1.29, 1.82) is 0 Å². The first-order valence-corrected chi connectivity index (χ1v) is 15.3. The van der Waals surface area contributed by atoms with E-state index in [9.17, 15) is 14.4 Å². The van der Waals surface area contributed by atoms with Crippen molar-refractivity contribution in [3.63, 3.8) is 0 Å². The minimum absolute atomic E-state index is 0.0483. The molecule has 5 aromatic rings. The Morgan fingerprint density at radius 3 is 2.48 bits per heavy atom. The number of aryl methyl sites for hydroxylation is 3. The summed E-state index contributed by atoms with van der Waals surface area (Å²) in [7, 11) is 3.56. The van der Waals surface area contributed by atoms with E-state index in [0.29, 0.717) is 29.1 Å². The summed E-state index contributed by atoms with van der Waals surface area (Å²) >= 11 is 0. The summed E-state index contributed by atoms with van der Waals surface area (Å²) in [6, 6.07) is 18.2. The predicted octanol–water partition coefficient (Wildman–Crippen LogP) is 6.50. The van der Waals surface area contributed by atoms with Gasteiger partial charge in [0.1, 0.15) is 11.8 Å². The van der Waals surface area contributed by atoms with Gasteiger partial charge in [-0.25, -0.2) is 4.79 Å². The summed E-state index contributed by atoms with van der Waals surface area (Å²) in [6.45, 7) is 8.62. The molecule has 2 atom stereocenters. The maximum absolute atomic E-state index is 14.4. The van der Waals surface area contributed by atoms with Gasteiger partial charge in [-0.2, -0.15) is 0 Å². The van der Waals surface area contributed by atoms with E-state index in [1.165, 1.54) is 0 Å². The summed E-state index contributed by atoms with van der Waals surface area (Å²) < 4.78 is 5.48. The van der Waals surface area contributed by atoms with Crippen molar-refractivity contribution >= 4 is 34.1 Å². The van der Waals surface area contributed by atoms with E-state index in [4.69, 9.17) is 4.52 Å². The molecule has 0 saturated heterocycles. The Morgan fingerprint density at radius 2 is 1.74 bits per heavy atom. The first-order chi connectivity index (χ1) is 22.0. The molecular formula is C36H38N6O4. The van der Waals surface area contributed by atoms with Crippen LogP contribution < -0.4 is 16.2 Å². The van der Waals surface area contributed by atoms with Gasteiger partial charge in [0.2, 0.25) is 5.91 Å². The number of H-pyrrole nitrogens is 1. The van der Waals surface area contributed by atoms with Crippen molar-refractivity contribution in [1.82, 2.24) is 19.9 Å². The summed E-state index contributed by atoms with van der Waals surface area (Å²) in [6.07, 6.45) is 1.62. The highest BCUT2D eigenvalue weighted by atomic mass is 16.5. The second-order valence-corrected chi connectivity index (χ2v) is 12.3. The molecule has 7 rings (SSSR count). The molecule has 0 radical (unpaired) electrons. The van der Waals surface area contributed by atoms with Crippen molar-refractivity contribution in [2.24, 2.45) is 0 Å². The van der Waals surface area contributed by atoms with Crippen LogP contribution >= 0.6 is 0 Å². The van der Waals surface area contributed by atoms with Gasteiger partial charge in [0.05, 0.1) is 5.69 Å². The number of urea groups is 1. The largest absolute Gasteiger partial charge is 0.370 e. The third-order valence-electron chi connectivity index (χ3n) is 8.83. The van der Waals surface area contributed by atoms with Crippen molar-refractivity contribution in [3.8, 4) is 11.1 Å². The van der Waals surface area contributed by atoms with Crippen LogP contribution in [-0.4, -0.2) is 52.5 Å². The minimum atomic E-state index is -0.741. The number of anilines is 2. The van der Waals surface area contributed by atoms with Gasteiger partial charge >= 0.3 is 6.03 Å². The van der Waals surface area contributed by atoms with E-state index in [-0.39, 0.29) is 30.0 Å². The summed E-state index contributed by atoms with van der Waals surface area (Å²) in [4.78, 5) is 46.4. The molecule has 0 fully saturated rings. The second kappa shape index (κ2) is 12.2. The molecule has 4 bridgehead atoms. The zero-order valence-electron chi connectivity index (χ0n) is 26.9. The fourth-order valence-corrected chi connectivity index (χ4v) is 6.44. The number of pyridine rings is 1. The molecule has 0 spiro atoms. The van der Waals surface area contributed by atoms with Gasteiger partial charge in [-0.3, -0.25) is 9.59 Å². The Bertz CT molecular complexity index is 2010. The van der Waals surface area contributed by atoms with Gasteiger partial charge in [0.25, 0.3) is 5.56 Å². The quantitative estimate of drug-likeness (QED) is 0.212. The van der Waals surface area contributed by atoms with Crippen LogP contribution in [0.1, 0.15) is 52.6 Å². The van der Waals surface area contributed by atoms with Gasteiger partial charge in [-0.05, 0) is 90.2 Å². The Balaban J connectivity index is 1.46. The molecule has 2 aliphatic heterocycles. The van der Waals surface area contributed by atoms with Gasteiger partial charge in [0, 0.05) is 55.7 Å². The molecule has 3 N–H and O–H groups in total. The van der Waals surface area contributed by atoms with Crippen LogP contribution in [0.25, 0.3) is 21.9 Å². The molecule has 236 valence electrons. The summed E-state index contributed by atoms with van der Waals surface area (Å²) in [5, 5.41) is 12.0. The lowest BCUT2D eigenvalue weighted by molar-refractivity contribution is -0.131. The number of amides is 3. The van der Waals surface area contributed by atoms with E-state index < -0.39 is 6.04 Å². The second-order valence-electron chi connectivity index (χ2n) is 12.3. The van der Waals surface area contributed by atoms with Crippen molar-refractivity contribution in [3.05, 3.63) is 111 Å². The summed E-state index contributed by atoms with van der Waals surface area (Å²) in [5.74, 6) is 0.558. The number of nitrogens with zero attached hydrogens (tertiary/aromatic N) is 3. The standard InChI is InChI=1S/C36H38N6O4/c1-20-15-25-8-11-29(20)21(2)18-42(6)36(45)39-27-10-12-30(32-22(3)40-46-23(32)4)26(16-27)19-41(5)35(44)33(25)38-28-9-7-24-13-14-37-34(43)31(24)17-28/h7-17,21,33,38H,18-19H2,1-6H3,(H,37,43)(H,39,45)/t21-,33+/m0/s1. The first-order valence-electron chi connectivity index (χ1n) is 15.3. The monoisotopic (exact) mass is 618 g/mol. The van der Waals surface area contributed by atoms with Crippen molar-refractivity contribution in [2.45, 2.75) is 46.2 Å². The molecule has 4 heterocycles. The average molecular weight is 619 g/mol. The lowest BCUT2D eigenvalue weighted by atomic mass is 9.92. The smallest absolute Gasteiger partial charge is 0.321 e. The third kappa shape index (κ3) is 5.85. The number of fused-ring (bicyclic) bond motifs is 10. The van der Waals surface area contributed by atoms with E-state index in [1.807, 2.05) is 75.4 Å². The number of carbonyl (C=O) groups is 2. The number of rotatable bonds is 3. The Morgan fingerprint density at radius 1 is 0.935 bits per heavy atom. The normalized spacial score (nSPS) is 17.4. The van der Waals surface area contributed by atoms with Crippen LogP contribution in [-0.2, 0) is 11.3 Å². The molecule has 3 amide bonds. The van der Waals surface area contributed by atoms with Crippen LogP contribution in [0.4, 0.5) is 16.2 Å². The molecular weight excluding hydrogens is 580 g/mol. The number of nitrogens with one attached hydrogen (secondary N) is 3. The number of likely N-dealkylation sites (N-methyl/N-ethyl adjacent to an activating group) is 2. The highest BCUT2D eigenvalue weighted by Crippen LogP contribution is 2.34. The van der Waals surface area contributed by atoms with Gasteiger partial charge in [-0.15, -0.1) is 0 Å². The molecule has 3 aromatic carbocycles. The van der Waals surface area contributed by atoms with Crippen LogP contribution in [0.3, 0.4) is 0 Å². The van der Waals surface area contributed by atoms with Crippen LogP contribution in [0.2, 0.25) is 0 Å². The highest BCUT2D eigenvalue weighted by Gasteiger charge is 2.27. The van der Waals surface area contributed by atoms with E-state index in [1.54, 1.807) is 36.2 Å². The molecule has 10 nitrogen and oxygen atoms in total. The third-order valence-corrected chi connectivity index (χ3v) is 8.83. The highest BCUT2D eigenvalue weighted by molar-refractivity contribution is 5.91. The average Bonchev–Trinajstić information content (AvgIpc) is 3.36. The molecule has 46 heavy (non-hydrogen) atoms. The lowest BCUT2D eigenvalue weighted by Gasteiger charge is -2.29. The number of hydrogen-bond acceptors (Lipinski definition) is 6. The number of aromatic nitrogens is 2. The number of carbonyl (C=O) groups excluding carboxylic acids is 2. The van der Waals surface area contributed by atoms with E-state index >= 15 is 0 Å². The molecule has 0 unspecified atom stereocenters. The van der Waals surface area contributed by atoms with E-state index in [2.05, 4.69) is 27.7 Å². The Hall–Kier alpha value is -5.38. The summed E-state index contributed by atoms with van der Waals surface area (Å²) in [5.41, 5.74) is 7.29. The number of benzene rings is 3. The Labute approximate surface area is 267 Å². The lowest BCUT2D eigenvalue weighted by Crippen LogP contribution is -2.36. The zero-order chi connectivity index (χ0) is 32.7. The topological polar surface area (TPSA) is 124 Å². The van der Waals surface area contributed by atoms with E-state index in [0.717, 1.165) is 44.5 Å². The van der Waals surface area contributed by atoms with Gasteiger partial charge in [-0.1, -0.05) is 42.4 Å². The van der Waals surface area contributed by atoms with Crippen molar-refractivity contribution < 1.29 is 14.1 Å². The molecule has 2 aliphatic rings. The fourth-order valence-electron chi connectivity index (χ4n) is 6.44. The SMILES string of the molecule is Cc1cc2ccc1[C@@H](C)CN(C)C(=O)Nc1ccc(-c3c(C)noc3C)c(c1)CN(C)C(=O)[C@@H]2Nc1ccc2cc[nH]c(=O)c2c1. The molecule has 0 saturated carbocycles.